The highest BCUT2D eigenvalue weighted by Gasteiger charge is 2.07. The maximum absolute atomic E-state index is 5.68. The van der Waals surface area contributed by atoms with Crippen molar-refractivity contribution >= 4 is 11.4 Å². The molecule has 96 valence electrons. The molecule has 0 aliphatic heterocycles. The standard InChI is InChI=1S/C13H19N5/c1-3-8-18-13(15-10-16-18)9-17(2)12-6-4-11(14)5-7-12/h4-7,10H,3,8-9,14H2,1-2H3. The lowest BCUT2D eigenvalue weighted by molar-refractivity contribution is 0.566. The second-order valence-corrected chi connectivity index (χ2v) is 4.35. The molecule has 2 aromatic rings. The molecule has 18 heavy (non-hydrogen) atoms. The van der Waals surface area contributed by atoms with Crippen LogP contribution in [0.4, 0.5) is 11.4 Å². The summed E-state index contributed by atoms with van der Waals surface area (Å²) in [7, 11) is 2.04. The van der Waals surface area contributed by atoms with E-state index in [4.69, 9.17) is 5.73 Å². The van der Waals surface area contributed by atoms with Crippen LogP contribution >= 0.6 is 0 Å². The average molecular weight is 245 g/mol. The van der Waals surface area contributed by atoms with E-state index >= 15 is 0 Å². The molecule has 0 aliphatic carbocycles. The zero-order chi connectivity index (χ0) is 13.0. The molecule has 0 spiro atoms. The Bertz CT molecular complexity index is 488. The van der Waals surface area contributed by atoms with Gasteiger partial charge in [-0.3, -0.25) is 0 Å². The molecule has 1 aromatic heterocycles. The van der Waals surface area contributed by atoms with Crippen LogP contribution in [0.1, 0.15) is 19.2 Å². The fraction of sp³-hybridized carbons (Fsp3) is 0.385. The van der Waals surface area contributed by atoms with Gasteiger partial charge in [-0.05, 0) is 30.7 Å². The predicted octanol–water partition coefficient (Wildman–Crippen LogP) is 1.91. The lowest BCUT2D eigenvalue weighted by Gasteiger charge is -2.19. The molecular formula is C13H19N5. The van der Waals surface area contributed by atoms with Gasteiger partial charge < -0.3 is 10.6 Å². The zero-order valence-electron chi connectivity index (χ0n) is 10.9. The number of anilines is 2. The second-order valence-electron chi connectivity index (χ2n) is 4.35. The summed E-state index contributed by atoms with van der Waals surface area (Å²) >= 11 is 0. The first-order chi connectivity index (χ1) is 8.70. The fourth-order valence-electron chi connectivity index (χ4n) is 1.84. The second kappa shape index (κ2) is 5.53. The molecule has 0 atom stereocenters. The summed E-state index contributed by atoms with van der Waals surface area (Å²) in [6.45, 7) is 3.78. The summed E-state index contributed by atoms with van der Waals surface area (Å²) in [6, 6.07) is 7.83. The van der Waals surface area contributed by atoms with Gasteiger partial charge in [-0.1, -0.05) is 6.92 Å². The molecule has 0 unspecified atom stereocenters. The Kier molecular flexibility index (Phi) is 3.82. The van der Waals surface area contributed by atoms with Crippen molar-refractivity contribution < 1.29 is 0 Å². The van der Waals surface area contributed by atoms with E-state index < -0.39 is 0 Å². The van der Waals surface area contributed by atoms with Gasteiger partial charge in [-0.25, -0.2) is 9.67 Å². The normalized spacial score (nSPS) is 10.6. The van der Waals surface area contributed by atoms with Crippen LogP contribution in [0.25, 0.3) is 0 Å². The monoisotopic (exact) mass is 245 g/mol. The molecule has 2 rings (SSSR count). The van der Waals surface area contributed by atoms with Gasteiger partial charge in [-0.2, -0.15) is 5.10 Å². The van der Waals surface area contributed by atoms with Crippen LogP contribution in [0.2, 0.25) is 0 Å². The predicted molar refractivity (Wildman–Crippen MR) is 73.3 cm³/mol. The van der Waals surface area contributed by atoms with Gasteiger partial charge in [-0.15, -0.1) is 0 Å². The smallest absolute Gasteiger partial charge is 0.146 e. The van der Waals surface area contributed by atoms with Crippen LogP contribution in [-0.2, 0) is 13.1 Å². The van der Waals surface area contributed by atoms with Gasteiger partial charge in [0.15, 0.2) is 0 Å². The number of nitrogens with zero attached hydrogens (tertiary/aromatic N) is 4. The van der Waals surface area contributed by atoms with Crippen LogP contribution in [-0.4, -0.2) is 21.8 Å². The Labute approximate surface area is 107 Å². The van der Waals surface area contributed by atoms with Gasteiger partial charge in [0.1, 0.15) is 12.2 Å². The topological polar surface area (TPSA) is 60.0 Å². The van der Waals surface area contributed by atoms with Gasteiger partial charge in [0.25, 0.3) is 0 Å². The van der Waals surface area contributed by atoms with Crippen LogP contribution in [0.5, 0.6) is 0 Å². The molecule has 0 radical (unpaired) electrons. The van der Waals surface area contributed by atoms with Crippen molar-refractivity contribution in [3.8, 4) is 0 Å². The van der Waals surface area contributed by atoms with Crippen LogP contribution in [0, 0.1) is 0 Å². The number of benzene rings is 1. The first-order valence-corrected chi connectivity index (χ1v) is 6.14. The summed E-state index contributed by atoms with van der Waals surface area (Å²) in [6.07, 6.45) is 2.67. The Balaban J connectivity index is 2.08. The van der Waals surface area contributed by atoms with E-state index in [-0.39, 0.29) is 0 Å². The Morgan fingerprint density at radius 1 is 1.28 bits per heavy atom. The van der Waals surface area contributed by atoms with Crippen molar-refractivity contribution in [3.05, 3.63) is 36.4 Å². The molecule has 5 nitrogen and oxygen atoms in total. The fourth-order valence-corrected chi connectivity index (χ4v) is 1.84. The average Bonchev–Trinajstić information content (AvgIpc) is 2.78. The number of nitrogens with two attached hydrogens (primary N) is 1. The maximum atomic E-state index is 5.68. The van der Waals surface area contributed by atoms with Gasteiger partial charge >= 0.3 is 0 Å². The number of aryl methyl sites for hydroxylation is 1. The van der Waals surface area contributed by atoms with E-state index in [1.165, 1.54) is 0 Å². The SMILES string of the molecule is CCCn1ncnc1CN(C)c1ccc(N)cc1. The van der Waals surface area contributed by atoms with Crippen molar-refractivity contribution in [2.24, 2.45) is 0 Å². The van der Waals surface area contributed by atoms with Crippen molar-refractivity contribution in [2.45, 2.75) is 26.4 Å². The molecule has 0 saturated heterocycles. The lowest BCUT2D eigenvalue weighted by atomic mass is 10.2. The Morgan fingerprint density at radius 2 is 2.00 bits per heavy atom. The highest BCUT2D eigenvalue weighted by Crippen LogP contribution is 2.16. The minimum atomic E-state index is 0.740. The summed E-state index contributed by atoms with van der Waals surface area (Å²) in [5, 5.41) is 4.23. The molecule has 0 fully saturated rings. The summed E-state index contributed by atoms with van der Waals surface area (Å²) in [4.78, 5) is 6.44. The van der Waals surface area contributed by atoms with Crippen molar-refractivity contribution in [3.63, 3.8) is 0 Å². The van der Waals surface area contributed by atoms with Crippen molar-refractivity contribution in [1.29, 1.82) is 0 Å². The number of rotatable bonds is 5. The number of hydrogen-bond donors (Lipinski definition) is 1. The third-order valence-corrected chi connectivity index (χ3v) is 2.84. The molecule has 2 N–H and O–H groups in total. The number of hydrogen-bond acceptors (Lipinski definition) is 4. The van der Waals surface area contributed by atoms with Crippen LogP contribution < -0.4 is 10.6 Å². The van der Waals surface area contributed by atoms with Gasteiger partial charge in [0.2, 0.25) is 0 Å². The quantitative estimate of drug-likeness (QED) is 0.817. The molecule has 0 saturated carbocycles. The van der Waals surface area contributed by atoms with Gasteiger partial charge in [0.05, 0.1) is 6.54 Å². The Morgan fingerprint density at radius 3 is 2.67 bits per heavy atom. The van der Waals surface area contributed by atoms with Crippen molar-refractivity contribution in [2.75, 3.05) is 17.7 Å². The summed E-state index contributed by atoms with van der Waals surface area (Å²) in [5.41, 5.74) is 7.58. The zero-order valence-corrected chi connectivity index (χ0v) is 10.9. The summed E-state index contributed by atoms with van der Waals surface area (Å²) < 4.78 is 1.95. The molecule has 1 aromatic carbocycles. The first-order valence-electron chi connectivity index (χ1n) is 6.14. The van der Waals surface area contributed by atoms with Crippen molar-refractivity contribution in [1.82, 2.24) is 14.8 Å². The third-order valence-electron chi connectivity index (χ3n) is 2.84. The summed E-state index contributed by atoms with van der Waals surface area (Å²) in [5.74, 6) is 0.983. The van der Waals surface area contributed by atoms with E-state index in [1.54, 1.807) is 6.33 Å². The minimum absolute atomic E-state index is 0.740. The molecule has 5 heteroatoms. The van der Waals surface area contributed by atoms with Gasteiger partial charge in [0, 0.05) is 25.0 Å². The molecule has 0 amide bonds. The molecular weight excluding hydrogens is 226 g/mol. The number of nitrogen functional groups attached to an aromatic ring is 1. The van der Waals surface area contributed by atoms with Crippen LogP contribution in [0.15, 0.2) is 30.6 Å². The van der Waals surface area contributed by atoms with E-state index in [2.05, 4.69) is 21.9 Å². The van der Waals surface area contributed by atoms with E-state index in [1.807, 2.05) is 36.0 Å². The van der Waals surface area contributed by atoms with E-state index in [9.17, 15) is 0 Å². The highest BCUT2D eigenvalue weighted by atomic mass is 15.3. The highest BCUT2D eigenvalue weighted by molar-refractivity contribution is 5.52. The Hall–Kier alpha value is -2.04. The van der Waals surface area contributed by atoms with Crippen LogP contribution in [0.3, 0.4) is 0 Å². The number of aromatic nitrogens is 3. The minimum Gasteiger partial charge on any atom is -0.399 e. The molecule has 0 bridgehead atoms. The molecule has 0 aliphatic rings. The van der Waals surface area contributed by atoms with E-state index in [0.29, 0.717) is 0 Å². The maximum Gasteiger partial charge on any atom is 0.146 e. The largest absolute Gasteiger partial charge is 0.399 e. The third kappa shape index (κ3) is 2.80. The first kappa shape index (κ1) is 12.4. The van der Waals surface area contributed by atoms with E-state index in [0.717, 1.165) is 36.7 Å². The lowest BCUT2D eigenvalue weighted by Crippen LogP contribution is -2.20. The molecule has 1 heterocycles.